The number of ether oxygens (including phenoxy) is 3. The molecular formula is C67H118O6. The van der Waals surface area contributed by atoms with Gasteiger partial charge in [-0.3, -0.25) is 14.4 Å². The number of hydrogen-bond donors (Lipinski definition) is 0. The predicted molar refractivity (Wildman–Crippen MR) is 316 cm³/mol. The van der Waals surface area contributed by atoms with E-state index in [1.54, 1.807) is 0 Å². The Morgan fingerprint density at radius 3 is 0.808 bits per heavy atom. The second-order valence-electron chi connectivity index (χ2n) is 21.0. The Hall–Kier alpha value is -3.15. The van der Waals surface area contributed by atoms with Gasteiger partial charge in [0.25, 0.3) is 0 Å². The van der Waals surface area contributed by atoms with E-state index >= 15 is 0 Å². The smallest absolute Gasteiger partial charge is 0.306 e. The third-order valence-electron chi connectivity index (χ3n) is 13.7. The van der Waals surface area contributed by atoms with Crippen LogP contribution >= 0.6 is 0 Å². The SMILES string of the molecule is CC/C=C\C/C=C\C/C=C\C/C=C\C/C=C\C/C=C\CCC(=O)OC(COC(=O)CCCCCCCCCCCCCCCCC)COC(=O)CCCCCCCCCCCCCCCCCCCCCCC. The summed E-state index contributed by atoms with van der Waals surface area (Å²) in [6.45, 7) is 6.51. The topological polar surface area (TPSA) is 78.9 Å². The van der Waals surface area contributed by atoms with Crippen molar-refractivity contribution < 1.29 is 28.6 Å². The standard InChI is InChI=1S/C67H118O6/c1-4-7-10-13-16-19-22-25-28-30-32-33-35-36-39-42-45-48-51-54-57-60-66(69)72-63-64(62-71-65(68)59-56-53-50-47-44-41-38-27-24-21-18-15-12-9-6-3)73-67(70)61-58-55-52-49-46-43-40-37-34-31-29-26-23-20-17-14-11-8-5-2/h8,11,17,20,26,29,34,37,43,46,52,55,64H,4-7,9-10,12-16,18-19,21-25,27-28,30-33,35-36,38-42,44-45,47-51,53-54,56-63H2,1-3H3/b11-8-,20-17-,29-26-,37-34-,46-43-,55-52-. The van der Waals surface area contributed by atoms with E-state index in [1.807, 2.05) is 6.08 Å². The lowest BCUT2D eigenvalue weighted by Crippen LogP contribution is -2.30. The molecule has 0 fully saturated rings. The van der Waals surface area contributed by atoms with Crippen molar-refractivity contribution in [2.24, 2.45) is 0 Å². The summed E-state index contributed by atoms with van der Waals surface area (Å²) >= 11 is 0. The van der Waals surface area contributed by atoms with Crippen LogP contribution < -0.4 is 0 Å². The minimum absolute atomic E-state index is 0.101. The third kappa shape index (κ3) is 59.6. The highest BCUT2D eigenvalue weighted by Crippen LogP contribution is 2.17. The van der Waals surface area contributed by atoms with E-state index in [4.69, 9.17) is 14.2 Å². The molecule has 0 aromatic heterocycles. The van der Waals surface area contributed by atoms with Crippen molar-refractivity contribution in [2.75, 3.05) is 13.2 Å². The fourth-order valence-electron chi connectivity index (χ4n) is 9.06. The van der Waals surface area contributed by atoms with Gasteiger partial charge >= 0.3 is 17.9 Å². The summed E-state index contributed by atoms with van der Waals surface area (Å²) in [6, 6.07) is 0. The molecule has 422 valence electrons. The van der Waals surface area contributed by atoms with Crippen LogP contribution in [0.1, 0.15) is 316 Å². The average Bonchev–Trinajstić information content (AvgIpc) is 3.39. The summed E-state index contributed by atoms with van der Waals surface area (Å²) in [5.41, 5.74) is 0. The maximum Gasteiger partial charge on any atom is 0.306 e. The molecule has 1 atom stereocenters. The molecule has 6 heteroatoms. The van der Waals surface area contributed by atoms with E-state index in [0.29, 0.717) is 19.3 Å². The van der Waals surface area contributed by atoms with Gasteiger partial charge < -0.3 is 14.2 Å². The number of allylic oxidation sites excluding steroid dienone is 12. The average molecular weight is 1020 g/mol. The molecule has 73 heavy (non-hydrogen) atoms. The van der Waals surface area contributed by atoms with Crippen molar-refractivity contribution in [1.29, 1.82) is 0 Å². The lowest BCUT2D eigenvalue weighted by Gasteiger charge is -2.18. The van der Waals surface area contributed by atoms with Crippen molar-refractivity contribution in [3.05, 3.63) is 72.9 Å². The number of carbonyl (C=O) groups excluding carboxylic acids is 3. The highest BCUT2D eigenvalue weighted by molar-refractivity contribution is 5.71. The Balaban J connectivity index is 4.42. The Morgan fingerprint density at radius 1 is 0.288 bits per heavy atom. The highest BCUT2D eigenvalue weighted by atomic mass is 16.6. The van der Waals surface area contributed by atoms with Crippen LogP contribution in [0.4, 0.5) is 0 Å². The minimum atomic E-state index is -0.813. The Labute approximate surface area is 453 Å². The summed E-state index contributed by atoms with van der Waals surface area (Å²) in [5, 5.41) is 0. The van der Waals surface area contributed by atoms with Crippen LogP contribution in [0, 0.1) is 0 Å². The largest absolute Gasteiger partial charge is 0.462 e. The molecule has 6 nitrogen and oxygen atoms in total. The van der Waals surface area contributed by atoms with Crippen LogP contribution in [0.25, 0.3) is 0 Å². The minimum Gasteiger partial charge on any atom is -0.462 e. The molecule has 0 radical (unpaired) electrons. The first kappa shape index (κ1) is 69.8. The van der Waals surface area contributed by atoms with Crippen LogP contribution in [0.15, 0.2) is 72.9 Å². The van der Waals surface area contributed by atoms with Gasteiger partial charge in [-0.1, -0.05) is 312 Å². The van der Waals surface area contributed by atoms with E-state index in [0.717, 1.165) is 77.0 Å². The quantitative estimate of drug-likeness (QED) is 0.0261. The van der Waals surface area contributed by atoms with E-state index in [9.17, 15) is 14.4 Å². The van der Waals surface area contributed by atoms with Gasteiger partial charge in [0, 0.05) is 19.3 Å². The first-order valence-corrected chi connectivity index (χ1v) is 31.4. The third-order valence-corrected chi connectivity index (χ3v) is 13.7. The van der Waals surface area contributed by atoms with E-state index in [-0.39, 0.29) is 37.5 Å². The van der Waals surface area contributed by atoms with Gasteiger partial charge in [0.1, 0.15) is 13.2 Å². The van der Waals surface area contributed by atoms with Crippen LogP contribution in [-0.2, 0) is 28.6 Å². The molecule has 0 aliphatic heterocycles. The fraction of sp³-hybridized carbons (Fsp3) is 0.776. The van der Waals surface area contributed by atoms with Gasteiger partial charge in [-0.05, 0) is 57.8 Å². The van der Waals surface area contributed by atoms with Gasteiger partial charge in [0.05, 0.1) is 0 Å². The summed E-state index contributed by atoms with van der Waals surface area (Å²) in [7, 11) is 0. The predicted octanol–water partition coefficient (Wildman–Crippen LogP) is 21.3. The van der Waals surface area contributed by atoms with Crippen LogP contribution in [0.2, 0.25) is 0 Å². The van der Waals surface area contributed by atoms with E-state index in [1.165, 1.54) is 193 Å². The molecule has 0 N–H and O–H groups in total. The van der Waals surface area contributed by atoms with E-state index < -0.39 is 6.10 Å². The molecule has 0 aromatic rings. The van der Waals surface area contributed by atoms with Crippen molar-refractivity contribution >= 4 is 17.9 Å². The lowest BCUT2D eigenvalue weighted by atomic mass is 10.0. The monoisotopic (exact) mass is 1020 g/mol. The van der Waals surface area contributed by atoms with Crippen molar-refractivity contribution in [3.8, 4) is 0 Å². The maximum absolute atomic E-state index is 12.9. The first-order chi connectivity index (χ1) is 36.0. The molecule has 0 aliphatic carbocycles. The molecule has 0 amide bonds. The molecule has 0 saturated heterocycles. The van der Waals surface area contributed by atoms with Crippen LogP contribution in [0.5, 0.6) is 0 Å². The Bertz CT molecular complexity index is 1360. The van der Waals surface area contributed by atoms with Gasteiger partial charge in [0.15, 0.2) is 6.10 Å². The number of carbonyl (C=O) groups is 3. The first-order valence-electron chi connectivity index (χ1n) is 31.4. The van der Waals surface area contributed by atoms with Crippen molar-refractivity contribution in [1.82, 2.24) is 0 Å². The van der Waals surface area contributed by atoms with Gasteiger partial charge in [-0.15, -0.1) is 0 Å². The number of hydrogen-bond acceptors (Lipinski definition) is 6. The summed E-state index contributed by atoms with van der Waals surface area (Å²) in [4.78, 5) is 38.2. The summed E-state index contributed by atoms with van der Waals surface area (Å²) < 4.78 is 16.9. The molecule has 0 rings (SSSR count). The second-order valence-corrected chi connectivity index (χ2v) is 21.0. The highest BCUT2D eigenvalue weighted by Gasteiger charge is 2.19. The maximum atomic E-state index is 12.9. The zero-order chi connectivity index (χ0) is 52.9. The molecule has 0 heterocycles. The molecule has 0 spiro atoms. The lowest BCUT2D eigenvalue weighted by molar-refractivity contribution is -0.166. The molecule has 1 unspecified atom stereocenters. The van der Waals surface area contributed by atoms with Crippen molar-refractivity contribution in [2.45, 2.75) is 322 Å². The van der Waals surface area contributed by atoms with Gasteiger partial charge in [0.2, 0.25) is 0 Å². The zero-order valence-electron chi connectivity index (χ0n) is 48.4. The number of rotatable bonds is 57. The second kappa shape index (κ2) is 61.4. The molecule has 0 aromatic carbocycles. The van der Waals surface area contributed by atoms with Gasteiger partial charge in [-0.2, -0.15) is 0 Å². The number of esters is 3. The molecule has 0 saturated carbocycles. The van der Waals surface area contributed by atoms with Crippen molar-refractivity contribution in [3.63, 3.8) is 0 Å². The molecule has 0 bridgehead atoms. The fourth-order valence-corrected chi connectivity index (χ4v) is 9.06. The molecular weight excluding hydrogens is 901 g/mol. The van der Waals surface area contributed by atoms with Gasteiger partial charge in [-0.25, -0.2) is 0 Å². The Kier molecular flexibility index (Phi) is 58.7. The van der Waals surface area contributed by atoms with Crippen LogP contribution in [0.3, 0.4) is 0 Å². The normalized spacial score (nSPS) is 12.5. The Morgan fingerprint density at radius 2 is 0.534 bits per heavy atom. The summed E-state index contributed by atoms with van der Waals surface area (Å²) in [5.74, 6) is -0.969. The molecule has 0 aliphatic rings. The zero-order valence-corrected chi connectivity index (χ0v) is 48.4. The van der Waals surface area contributed by atoms with Crippen LogP contribution in [-0.4, -0.2) is 37.2 Å². The summed E-state index contributed by atoms with van der Waals surface area (Å²) in [6.07, 6.45) is 79.2. The van der Waals surface area contributed by atoms with E-state index in [2.05, 4.69) is 87.6 Å². The number of unbranched alkanes of at least 4 members (excludes halogenated alkanes) is 34.